The molecule has 2 heterocycles. The Morgan fingerprint density at radius 3 is 2.60 bits per heavy atom. The second kappa shape index (κ2) is 5.24. The van der Waals surface area contributed by atoms with Crippen LogP contribution in [0.25, 0.3) is 0 Å². The molecule has 2 unspecified atom stereocenters. The van der Waals surface area contributed by atoms with Crippen LogP contribution in [0.4, 0.5) is 4.79 Å². The predicted molar refractivity (Wildman–Crippen MR) is 71.5 cm³/mol. The molecule has 0 bridgehead atoms. The Morgan fingerprint density at radius 1 is 1.40 bits per heavy atom. The van der Waals surface area contributed by atoms with Gasteiger partial charge in [0, 0.05) is 13.2 Å². The fourth-order valence-electron chi connectivity index (χ4n) is 3.17. The van der Waals surface area contributed by atoms with Crippen LogP contribution in [0, 0.1) is 5.92 Å². The van der Waals surface area contributed by atoms with E-state index in [1.54, 1.807) is 25.7 Å². The molecule has 0 aliphatic carbocycles. The van der Waals surface area contributed by atoms with E-state index >= 15 is 0 Å². The van der Waals surface area contributed by atoms with Crippen molar-refractivity contribution in [3.05, 3.63) is 0 Å². The predicted octanol–water partition coefficient (Wildman–Crippen LogP) is 1.88. The zero-order valence-electron chi connectivity index (χ0n) is 12.3. The average Bonchev–Trinajstić information content (AvgIpc) is 2.67. The minimum atomic E-state index is -0.860. The maximum absolute atomic E-state index is 12.4. The molecule has 2 aliphatic heterocycles. The van der Waals surface area contributed by atoms with Gasteiger partial charge in [0.15, 0.2) is 0 Å². The molecule has 2 fully saturated rings. The Hall–Kier alpha value is -1.30. The third-order valence-corrected chi connectivity index (χ3v) is 3.99. The molecule has 1 amide bonds. The summed E-state index contributed by atoms with van der Waals surface area (Å²) in [6, 6.07) is 0. The van der Waals surface area contributed by atoms with Crippen molar-refractivity contribution < 1.29 is 24.2 Å². The second-order valence-corrected chi connectivity index (χ2v) is 6.57. The van der Waals surface area contributed by atoms with Gasteiger partial charge in [0.1, 0.15) is 5.60 Å². The molecule has 0 aromatic heterocycles. The Labute approximate surface area is 119 Å². The van der Waals surface area contributed by atoms with Gasteiger partial charge in [-0.3, -0.25) is 9.69 Å². The summed E-state index contributed by atoms with van der Waals surface area (Å²) in [7, 11) is 0. The molecule has 2 rings (SSSR count). The van der Waals surface area contributed by atoms with E-state index in [1.807, 2.05) is 0 Å². The van der Waals surface area contributed by atoms with E-state index in [2.05, 4.69) is 0 Å². The molecule has 0 radical (unpaired) electrons. The molecular formula is C14H23NO5. The number of ether oxygens (including phenoxy) is 2. The number of hydrogen-bond acceptors (Lipinski definition) is 4. The first-order chi connectivity index (χ1) is 9.26. The number of carboxylic acids is 1. The summed E-state index contributed by atoms with van der Waals surface area (Å²) in [5.74, 6) is -1.43. The zero-order chi connectivity index (χ0) is 15.0. The molecule has 1 spiro atoms. The monoisotopic (exact) mass is 285 g/mol. The van der Waals surface area contributed by atoms with Crippen molar-refractivity contribution in [2.45, 2.75) is 51.2 Å². The summed E-state index contributed by atoms with van der Waals surface area (Å²) in [6.45, 7) is 6.73. The van der Waals surface area contributed by atoms with Gasteiger partial charge in [-0.1, -0.05) is 0 Å². The molecule has 2 saturated heterocycles. The Morgan fingerprint density at radius 2 is 2.10 bits per heavy atom. The minimum absolute atomic E-state index is 0.281. The molecule has 20 heavy (non-hydrogen) atoms. The van der Waals surface area contributed by atoms with Crippen molar-refractivity contribution in [2.24, 2.45) is 5.92 Å². The number of carbonyl (C=O) groups is 2. The van der Waals surface area contributed by atoms with E-state index in [1.165, 1.54) is 0 Å². The average molecular weight is 285 g/mol. The van der Waals surface area contributed by atoms with Gasteiger partial charge in [0.05, 0.1) is 18.1 Å². The van der Waals surface area contributed by atoms with Crippen molar-refractivity contribution in [2.75, 3.05) is 19.8 Å². The quantitative estimate of drug-likeness (QED) is 0.796. The third-order valence-electron chi connectivity index (χ3n) is 3.99. The van der Waals surface area contributed by atoms with Crippen molar-refractivity contribution in [1.82, 2.24) is 4.90 Å². The lowest BCUT2D eigenvalue weighted by Crippen LogP contribution is -2.58. The summed E-state index contributed by atoms with van der Waals surface area (Å²) in [5, 5.41) is 9.43. The SMILES string of the molecule is CC(C)(C)OC(=O)N1CCC(C(=O)O)C12CCCOC2. The Balaban J connectivity index is 2.23. The van der Waals surface area contributed by atoms with E-state index in [0.717, 1.165) is 6.42 Å². The number of carboxylic acid groups (broad SMARTS) is 1. The van der Waals surface area contributed by atoms with Crippen LogP contribution < -0.4 is 0 Å². The second-order valence-electron chi connectivity index (χ2n) is 6.57. The standard InChI is InChI=1S/C14H23NO5/c1-13(2,3)20-12(18)15-7-5-10(11(16)17)14(15)6-4-8-19-9-14/h10H,4-9H2,1-3H3,(H,16,17). The van der Waals surface area contributed by atoms with Crippen LogP contribution in [-0.4, -0.2) is 53.0 Å². The summed E-state index contributed by atoms with van der Waals surface area (Å²) >= 11 is 0. The van der Waals surface area contributed by atoms with Crippen molar-refractivity contribution in [1.29, 1.82) is 0 Å². The highest BCUT2D eigenvalue weighted by Crippen LogP contribution is 2.42. The smallest absolute Gasteiger partial charge is 0.410 e. The lowest BCUT2D eigenvalue weighted by atomic mass is 9.80. The third kappa shape index (κ3) is 2.75. The van der Waals surface area contributed by atoms with Gasteiger partial charge in [0.2, 0.25) is 0 Å². The van der Waals surface area contributed by atoms with Crippen LogP contribution in [0.1, 0.15) is 40.0 Å². The fourth-order valence-corrected chi connectivity index (χ4v) is 3.17. The van der Waals surface area contributed by atoms with Crippen LogP contribution in [0.15, 0.2) is 0 Å². The van der Waals surface area contributed by atoms with Crippen molar-refractivity contribution >= 4 is 12.1 Å². The highest BCUT2D eigenvalue weighted by Gasteiger charge is 2.55. The van der Waals surface area contributed by atoms with Crippen molar-refractivity contribution in [3.63, 3.8) is 0 Å². The van der Waals surface area contributed by atoms with Gasteiger partial charge >= 0.3 is 12.1 Å². The first kappa shape index (κ1) is 15.1. The van der Waals surface area contributed by atoms with E-state index in [9.17, 15) is 14.7 Å². The summed E-state index contributed by atoms with van der Waals surface area (Å²) in [6.07, 6.45) is 1.44. The number of carbonyl (C=O) groups excluding carboxylic acids is 1. The molecule has 6 heteroatoms. The number of hydrogen-bond donors (Lipinski definition) is 1. The number of aliphatic carboxylic acids is 1. The van der Waals surface area contributed by atoms with Gasteiger partial charge in [0.25, 0.3) is 0 Å². The number of amides is 1. The highest BCUT2D eigenvalue weighted by molar-refractivity contribution is 5.77. The maximum atomic E-state index is 12.4. The molecule has 0 aromatic carbocycles. The molecular weight excluding hydrogens is 262 g/mol. The molecule has 114 valence electrons. The van der Waals surface area contributed by atoms with Crippen LogP contribution in [0.2, 0.25) is 0 Å². The van der Waals surface area contributed by atoms with E-state index in [0.29, 0.717) is 26.0 Å². The summed E-state index contributed by atoms with van der Waals surface area (Å²) in [5.41, 5.74) is -1.33. The van der Waals surface area contributed by atoms with Gasteiger partial charge in [-0.2, -0.15) is 0 Å². The van der Waals surface area contributed by atoms with Gasteiger partial charge in [-0.05, 0) is 40.0 Å². The van der Waals surface area contributed by atoms with E-state index in [-0.39, 0.29) is 6.61 Å². The van der Waals surface area contributed by atoms with E-state index < -0.39 is 29.1 Å². The largest absolute Gasteiger partial charge is 0.481 e. The molecule has 6 nitrogen and oxygen atoms in total. The highest BCUT2D eigenvalue weighted by atomic mass is 16.6. The van der Waals surface area contributed by atoms with Gasteiger partial charge < -0.3 is 14.6 Å². The van der Waals surface area contributed by atoms with Crippen molar-refractivity contribution in [3.8, 4) is 0 Å². The topological polar surface area (TPSA) is 76.1 Å². The first-order valence-electron chi connectivity index (χ1n) is 7.07. The van der Waals surface area contributed by atoms with Gasteiger partial charge in [-0.15, -0.1) is 0 Å². The van der Waals surface area contributed by atoms with E-state index in [4.69, 9.17) is 9.47 Å². The molecule has 0 aromatic rings. The fraction of sp³-hybridized carbons (Fsp3) is 0.857. The summed E-state index contributed by atoms with van der Waals surface area (Å²) in [4.78, 5) is 25.4. The molecule has 2 atom stereocenters. The zero-order valence-corrected chi connectivity index (χ0v) is 12.3. The van der Waals surface area contributed by atoms with Crippen LogP contribution in [-0.2, 0) is 14.3 Å². The summed E-state index contributed by atoms with van der Waals surface area (Å²) < 4.78 is 10.9. The van der Waals surface area contributed by atoms with Crippen LogP contribution >= 0.6 is 0 Å². The lowest BCUT2D eigenvalue weighted by Gasteiger charge is -2.43. The Kier molecular flexibility index (Phi) is 3.95. The van der Waals surface area contributed by atoms with Gasteiger partial charge in [-0.25, -0.2) is 4.79 Å². The molecule has 0 saturated carbocycles. The number of nitrogens with zero attached hydrogens (tertiary/aromatic N) is 1. The van der Waals surface area contributed by atoms with Crippen LogP contribution in [0.5, 0.6) is 0 Å². The number of rotatable bonds is 1. The Bertz CT molecular complexity index is 395. The first-order valence-corrected chi connectivity index (χ1v) is 7.07. The minimum Gasteiger partial charge on any atom is -0.481 e. The maximum Gasteiger partial charge on any atom is 0.410 e. The van der Waals surface area contributed by atoms with Crippen LogP contribution in [0.3, 0.4) is 0 Å². The molecule has 2 aliphatic rings. The lowest BCUT2D eigenvalue weighted by molar-refractivity contribution is -0.148. The molecule has 1 N–H and O–H groups in total. The number of likely N-dealkylation sites (tertiary alicyclic amines) is 1. The normalized spacial score (nSPS) is 30.6.